The van der Waals surface area contributed by atoms with Crippen LogP contribution in [0.3, 0.4) is 0 Å². The van der Waals surface area contributed by atoms with Gasteiger partial charge in [0.15, 0.2) is 6.10 Å². The number of aliphatic carboxylic acids is 1. The van der Waals surface area contributed by atoms with Gasteiger partial charge >= 0.3 is 5.97 Å². The van der Waals surface area contributed by atoms with E-state index >= 15 is 0 Å². The van der Waals surface area contributed by atoms with Crippen LogP contribution in [-0.2, 0) is 11.2 Å². The zero-order valence-electron chi connectivity index (χ0n) is 8.30. The standard InChI is InChI=1S/C11H11NO3/c1-8(7-12)15-10-4-2-3-9(5-10)6-11(13)14/h2-5,8H,6H2,1H3,(H,13,14)/t8-/m0/s1. The summed E-state index contributed by atoms with van der Waals surface area (Å²) in [4.78, 5) is 10.5. The largest absolute Gasteiger partial charge is 0.481 e. The lowest BCUT2D eigenvalue weighted by molar-refractivity contribution is -0.136. The summed E-state index contributed by atoms with van der Waals surface area (Å²) in [5.74, 6) is -0.372. The average Bonchev–Trinajstić information content (AvgIpc) is 2.17. The summed E-state index contributed by atoms with van der Waals surface area (Å²) >= 11 is 0. The van der Waals surface area contributed by atoms with E-state index in [1.54, 1.807) is 31.2 Å². The lowest BCUT2D eigenvalue weighted by atomic mass is 10.1. The van der Waals surface area contributed by atoms with Crippen molar-refractivity contribution >= 4 is 5.97 Å². The van der Waals surface area contributed by atoms with Crippen molar-refractivity contribution in [1.29, 1.82) is 5.26 Å². The second kappa shape index (κ2) is 5.01. The third-order valence-corrected chi connectivity index (χ3v) is 1.75. The molecule has 0 aliphatic heterocycles. The summed E-state index contributed by atoms with van der Waals surface area (Å²) < 4.78 is 5.23. The Hall–Kier alpha value is -2.02. The molecule has 4 heteroatoms. The fourth-order valence-corrected chi connectivity index (χ4v) is 1.13. The number of hydrogen-bond donors (Lipinski definition) is 1. The van der Waals surface area contributed by atoms with E-state index in [9.17, 15) is 4.79 Å². The molecule has 1 rings (SSSR count). The Bertz CT molecular complexity index is 395. The minimum Gasteiger partial charge on any atom is -0.481 e. The lowest BCUT2D eigenvalue weighted by Gasteiger charge is -2.08. The van der Waals surface area contributed by atoms with E-state index in [2.05, 4.69) is 0 Å². The molecule has 0 amide bonds. The molecule has 0 heterocycles. The van der Waals surface area contributed by atoms with Crippen LogP contribution in [0.4, 0.5) is 0 Å². The van der Waals surface area contributed by atoms with Crippen molar-refractivity contribution in [3.63, 3.8) is 0 Å². The first-order chi connectivity index (χ1) is 7.11. The van der Waals surface area contributed by atoms with Crippen LogP contribution in [-0.4, -0.2) is 17.2 Å². The monoisotopic (exact) mass is 205 g/mol. The molecule has 4 nitrogen and oxygen atoms in total. The molecule has 0 unspecified atom stereocenters. The first-order valence-electron chi connectivity index (χ1n) is 4.49. The Balaban J connectivity index is 2.75. The molecule has 0 spiro atoms. The molecule has 15 heavy (non-hydrogen) atoms. The number of carbonyl (C=O) groups is 1. The summed E-state index contributed by atoms with van der Waals surface area (Å²) in [5.41, 5.74) is 0.658. The lowest BCUT2D eigenvalue weighted by Crippen LogP contribution is -2.08. The maximum Gasteiger partial charge on any atom is 0.307 e. The molecule has 1 aromatic rings. The van der Waals surface area contributed by atoms with Crippen LogP contribution < -0.4 is 4.74 Å². The molecule has 0 aromatic heterocycles. The molecule has 0 fully saturated rings. The Morgan fingerprint density at radius 3 is 3.00 bits per heavy atom. The van der Waals surface area contributed by atoms with Crippen molar-refractivity contribution in [2.75, 3.05) is 0 Å². The Morgan fingerprint density at radius 1 is 1.67 bits per heavy atom. The van der Waals surface area contributed by atoms with E-state index in [-0.39, 0.29) is 6.42 Å². The van der Waals surface area contributed by atoms with Gasteiger partial charge in [0.05, 0.1) is 6.42 Å². The second-order valence-electron chi connectivity index (χ2n) is 3.11. The molecule has 78 valence electrons. The van der Waals surface area contributed by atoms with Gasteiger partial charge in [-0.15, -0.1) is 0 Å². The zero-order valence-corrected chi connectivity index (χ0v) is 8.30. The molecule has 1 N–H and O–H groups in total. The van der Waals surface area contributed by atoms with Gasteiger partial charge < -0.3 is 9.84 Å². The Labute approximate surface area is 87.7 Å². The van der Waals surface area contributed by atoms with Crippen molar-refractivity contribution in [1.82, 2.24) is 0 Å². The Kier molecular flexibility index (Phi) is 3.69. The molecular formula is C11H11NO3. The molecular weight excluding hydrogens is 194 g/mol. The predicted molar refractivity (Wildman–Crippen MR) is 53.5 cm³/mol. The number of carboxylic acid groups (broad SMARTS) is 1. The van der Waals surface area contributed by atoms with E-state index in [0.717, 1.165) is 0 Å². The molecule has 1 aromatic carbocycles. The van der Waals surface area contributed by atoms with E-state index in [1.165, 1.54) is 0 Å². The normalized spacial score (nSPS) is 11.5. The van der Waals surface area contributed by atoms with E-state index in [1.807, 2.05) is 6.07 Å². The second-order valence-corrected chi connectivity index (χ2v) is 3.11. The van der Waals surface area contributed by atoms with Crippen molar-refractivity contribution in [2.24, 2.45) is 0 Å². The maximum absolute atomic E-state index is 10.5. The summed E-state index contributed by atoms with van der Waals surface area (Å²) in [6.45, 7) is 1.63. The number of benzene rings is 1. The van der Waals surface area contributed by atoms with Gasteiger partial charge in [-0.05, 0) is 24.6 Å². The highest BCUT2D eigenvalue weighted by atomic mass is 16.5. The van der Waals surface area contributed by atoms with Crippen molar-refractivity contribution in [2.45, 2.75) is 19.4 Å². The highest BCUT2D eigenvalue weighted by molar-refractivity contribution is 5.70. The van der Waals surface area contributed by atoms with Gasteiger partial charge in [0.25, 0.3) is 0 Å². The van der Waals surface area contributed by atoms with Gasteiger partial charge in [0, 0.05) is 0 Å². The van der Waals surface area contributed by atoms with E-state index < -0.39 is 12.1 Å². The SMILES string of the molecule is C[C@@H](C#N)Oc1cccc(CC(=O)O)c1. The van der Waals surface area contributed by atoms with Crippen LogP contribution >= 0.6 is 0 Å². The minimum atomic E-state index is -0.888. The number of rotatable bonds is 4. The molecule has 0 saturated heterocycles. The third kappa shape index (κ3) is 3.69. The van der Waals surface area contributed by atoms with Crippen molar-refractivity contribution < 1.29 is 14.6 Å². The summed E-state index contributed by atoms with van der Waals surface area (Å²) in [6.07, 6.45) is -0.580. The zero-order chi connectivity index (χ0) is 11.3. The highest BCUT2D eigenvalue weighted by Crippen LogP contribution is 2.15. The molecule has 0 aliphatic carbocycles. The first-order valence-corrected chi connectivity index (χ1v) is 4.49. The van der Waals surface area contributed by atoms with Crippen LogP contribution in [0, 0.1) is 11.3 Å². The number of nitrogens with zero attached hydrogens (tertiary/aromatic N) is 1. The average molecular weight is 205 g/mol. The van der Waals surface area contributed by atoms with Gasteiger partial charge in [-0.3, -0.25) is 4.79 Å². The quantitative estimate of drug-likeness (QED) is 0.810. The summed E-state index contributed by atoms with van der Waals surface area (Å²) in [6, 6.07) is 8.67. The molecule has 0 aliphatic rings. The maximum atomic E-state index is 10.5. The summed E-state index contributed by atoms with van der Waals surface area (Å²) in [5, 5.41) is 17.1. The van der Waals surface area contributed by atoms with Crippen molar-refractivity contribution in [3.05, 3.63) is 29.8 Å². The van der Waals surface area contributed by atoms with Gasteiger partial charge in [-0.1, -0.05) is 12.1 Å². The smallest absolute Gasteiger partial charge is 0.307 e. The fourth-order valence-electron chi connectivity index (χ4n) is 1.13. The van der Waals surface area contributed by atoms with Crippen molar-refractivity contribution in [3.8, 4) is 11.8 Å². The van der Waals surface area contributed by atoms with Crippen LogP contribution in [0.1, 0.15) is 12.5 Å². The predicted octanol–water partition coefficient (Wildman–Crippen LogP) is 1.60. The molecule has 1 atom stereocenters. The van der Waals surface area contributed by atoms with Crippen LogP contribution in [0.5, 0.6) is 5.75 Å². The minimum absolute atomic E-state index is 0.0435. The summed E-state index contributed by atoms with van der Waals surface area (Å²) in [7, 11) is 0. The molecule has 0 bridgehead atoms. The number of hydrogen-bond acceptors (Lipinski definition) is 3. The third-order valence-electron chi connectivity index (χ3n) is 1.75. The first kappa shape index (κ1) is 11.1. The topological polar surface area (TPSA) is 70.3 Å². The number of nitriles is 1. The number of carboxylic acids is 1. The van der Waals surface area contributed by atoms with Crippen LogP contribution in [0.15, 0.2) is 24.3 Å². The van der Waals surface area contributed by atoms with Crippen LogP contribution in [0.25, 0.3) is 0 Å². The van der Waals surface area contributed by atoms with Gasteiger partial charge in [0.2, 0.25) is 0 Å². The van der Waals surface area contributed by atoms with Gasteiger partial charge in [-0.25, -0.2) is 0 Å². The van der Waals surface area contributed by atoms with Gasteiger partial charge in [0.1, 0.15) is 11.8 Å². The van der Waals surface area contributed by atoms with Crippen LogP contribution in [0.2, 0.25) is 0 Å². The van der Waals surface area contributed by atoms with E-state index in [4.69, 9.17) is 15.1 Å². The molecule has 0 saturated carbocycles. The fraction of sp³-hybridized carbons (Fsp3) is 0.273. The number of ether oxygens (including phenoxy) is 1. The highest BCUT2D eigenvalue weighted by Gasteiger charge is 2.04. The molecule has 0 radical (unpaired) electrons. The van der Waals surface area contributed by atoms with Gasteiger partial charge in [-0.2, -0.15) is 5.26 Å². The van der Waals surface area contributed by atoms with E-state index in [0.29, 0.717) is 11.3 Å². The Morgan fingerprint density at radius 2 is 2.40 bits per heavy atom.